The lowest BCUT2D eigenvalue weighted by Crippen LogP contribution is -2.28. The summed E-state index contributed by atoms with van der Waals surface area (Å²) in [5.74, 6) is 0.0753. The zero-order valence-corrected chi connectivity index (χ0v) is 11.8. The summed E-state index contributed by atoms with van der Waals surface area (Å²) in [6.07, 6.45) is 1.35. The van der Waals surface area contributed by atoms with Crippen LogP contribution in [0.25, 0.3) is 0 Å². The first-order valence-corrected chi connectivity index (χ1v) is 7.05. The van der Waals surface area contributed by atoms with Crippen LogP contribution >= 0.6 is 0 Å². The first-order valence-electron chi connectivity index (χ1n) is 7.05. The van der Waals surface area contributed by atoms with Crippen LogP contribution in [-0.4, -0.2) is 53.4 Å². The van der Waals surface area contributed by atoms with E-state index in [2.05, 4.69) is 5.32 Å². The van der Waals surface area contributed by atoms with Crippen LogP contribution in [0.15, 0.2) is 18.2 Å². The molecule has 1 heterocycles. The van der Waals surface area contributed by atoms with Gasteiger partial charge in [-0.25, -0.2) is 0 Å². The van der Waals surface area contributed by atoms with Crippen molar-refractivity contribution < 1.29 is 15.0 Å². The number of likely N-dealkylation sites (tertiary alicyclic amines) is 1. The van der Waals surface area contributed by atoms with E-state index in [-0.39, 0.29) is 19.1 Å². The molecule has 1 aromatic carbocycles. The molecule has 20 heavy (non-hydrogen) atoms. The lowest BCUT2D eigenvalue weighted by molar-refractivity contribution is 0.0792. The Bertz CT molecular complexity index is 470. The molecular formula is C15H22N2O3. The van der Waals surface area contributed by atoms with Gasteiger partial charge in [0.05, 0.1) is 12.7 Å². The van der Waals surface area contributed by atoms with E-state index < -0.39 is 6.10 Å². The van der Waals surface area contributed by atoms with Gasteiger partial charge in [0.2, 0.25) is 0 Å². The van der Waals surface area contributed by atoms with Gasteiger partial charge in [0.1, 0.15) is 0 Å². The number of hydrogen-bond donors (Lipinski definition) is 3. The van der Waals surface area contributed by atoms with E-state index in [4.69, 9.17) is 5.11 Å². The van der Waals surface area contributed by atoms with E-state index in [1.807, 2.05) is 30.0 Å². The number of amides is 1. The van der Waals surface area contributed by atoms with Crippen LogP contribution in [0.3, 0.4) is 0 Å². The molecule has 0 aromatic heterocycles. The molecule has 1 unspecified atom stereocenters. The van der Waals surface area contributed by atoms with Crippen LogP contribution in [0.2, 0.25) is 0 Å². The van der Waals surface area contributed by atoms with Crippen LogP contribution in [-0.2, 0) is 0 Å². The summed E-state index contributed by atoms with van der Waals surface area (Å²) in [7, 11) is 0. The van der Waals surface area contributed by atoms with Crippen molar-refractivity contribution in [1.29, 1.82) is 0 Å². The maximum absolute atomic E-state index is 12.4. The molecule has 3 N–H and O–H groups in total. The van der Waals surface area contributed by atoms with Crippen molar-refractivity contribution >= 4 is 11.6 Å². The van der Waals surface area contributed by atoms with Crippen molar-refractivity contribution in [3.63, 3.8) is 0 Å². The number of nitrogens with zero attached hydrogens (tertiary/aromatic N) is 1. The minimum absolute atomic E-state index is 0.0753. The van der Waals surface area contributed by atoms with Crippen molar-refractivity contribution in [3.8, 4) is 0 Å². The molecule has 1 fully saturated rings. The molecule has 1 atom stereocenters. The van der Waals surface area contributed by atoms with E-state index in [1.165, 1.54) is 0 Å². The van der Waals surface area contributed by atoms with Gasteiger partial charge >= 0.3 is 0 Å². The summed E-state index contributed by atoms with van der Waals surface area (Å²) in [4.78, 5) is 14.3. The molecule has 5 heteroatoms. The van der Waals surface area contributed by atoms with Crippen LogP contribution < -0.4 is 5.32 Å². The number of aliphatic hydroxyl groups excluding tert-OH is 2. The third-order valence-electron chi connectivity index (χ3n) is 3.70. The molecule has 110 valence electrons. The second-order valence-corrected chi connectivity index (χ2v) is 5.19. The summed E-state index contributed by atoms with van der Waals surface area (Å²) < 4.78 is 0. The normalized spacial score (nSPS) is 16.2. The van der Waals surface area contributed by atoms with Gasteiger partial charge in [-0.2, -0.15) is 0 Å². The molecule has 0 radical (unpaired) electrons. The highest BCUT2D eigenvalue weighted by Crippen LogP contribution is 2.22. The van der Waals surface area contributed by atoms with E-state index in [1.54, 1.807) is 0 Å². The number of carbonyl (C=O) groups excluding carboxylic acids is 1. The molecular weight excluding hydrogens is 256 g/mol. The molecule has 5 nitrogen and oxygen atoms in total. The molecule has 1 saturated heterocycles. The SMILES string of the molecule is Cc1c(NCC(O)CO)cccc1C(=O)N1CCCC1. The van der Waals surface area contributed by atoms with Gasteiger partial charge in [-0.1, -0.05) is 6.07 Å². The summed E-state index contributed by atoms with van der Waals surface area (Å²) in [6.45, 7) is 3.55. The molecule has 1 amide bonds. The Hall–Kier alpha value is -1.59. The molecule has 0 bridgehead atoms. The third-order valence-corrected chi connectivity index (χ3v) is 3.70. The van der Waals surface area contributed by atoms with Gasteiger partial charge < -0.3 is 20.4 Å². The number of nitrogens with one attached hydrogen (secondary N) is 1. The van der Waals surface area contributed by atoms with Crippen LogP contribution in [0.4, 0.5) is 5.69 Å². The highest BCUT2D eigenvalue weighted by atomic mass is 16.3. The molecule has 0 saturated carbocycles. The van der Waals surface area contributed by atoms with E-state index in [0.29, 0.717) is 5.56 Å². The van der Waals surface area contributed by atoms with Gasteiger partial charge in [0.25, 0.3) is 5.91 Å². The number of carbonyl (C=O) groups is 1. The summed E-state index contributed by atoms with van der Waals surface area (Å²) in [5.41, 5.74) is 2.41. The van der Waals surface area contributed by atoms with Gasteiger partial charge in [-0.3, -0.25) is 4.79 Å². The van der Waals surface area contributed by atoms with Crippen molar-refractivity contribution in [2.24, 2.45) is 0 Å². The summed E-state index contributed by atoms with van der Waals surface area (Å²) in [5, 5.41) is 21.3. The van der Waals surface area contributed by atoms with Gasteiger partial charge in [-0.05, 0) is 37.5 Å². The second-order valence-electron chi connectivity index (χ2n) is 5.19. The number of rotatable bonds is 5. The average molecular weight is 278 g/mol. The van der Waals surface area contributed by atoms with Gasteiger partial charge in [0.15, 0.2) is 0 Å². The van der Waals surface area contributed by atoms with Crippen LogP contribution in [0, 0.1) is 6.92 Å². The number of anilines is 1. The fourth-order valence-electron chi connectivity index (χ4n) is 2.44. The average Bonchev–Trinajstić information content (AvgIpc) is 2.99. The van der Waals surface area contributed by atoms with Gasteiger partial charge in [-0.15, -0.1) is 0 Å². The number of aliphatic hydroxyl groups is 2. The molecule has 1 aliphatic heterocycles. The minimum atomic E-state index is -0.799. The Morgan fingerprint density at radius 1 is 1.40 bits per heavy atom. The maximum atomic E-state index is 12.4. The van der Waals surface area contributed by atoms with Crippen molar-refractivity contribution in [3.05, 3.63) is 29.3 Å². The summed E-state index contributed by atoms with van der Waals surface area (Å²) in [6, 6.07) is 5.55. The highest BCUT2D eigenvalue weighted by Gasteiger charge is 2.21. The second kappa shape index (κ2) is 6.72. The lowest BCUT2D eigenvalue weighted by atomic mass is 10.1. The Morgan fingerprint density at radius 3 is 2.75 bits per heavy atom. The Kier molecular flexibility index (Phi) is 4.98. The lowest BCUT2D eigenvalue weighted by Gasteiger charge is -2.19. The summed E-state index contributed by atoms with van der Waals surface area (Å²) >= 11 is 0. The fourth-order valence-corrected chi connectivity index (χ4v) is 2.44. The highest BCUT2D eigenvalue weighted by molar-refractivity contribution is 5.97. The van der Waals surface area contributed by atoms with E-state index in [9.17, 15) is 9.90 Å². The Balaban J connectivity index is 2.12. The number of benzene rings is 1. The largest absolute Gasteiger partial charge is 0.394 e. The third kappa shape index (κ3) is 3.29. The standard InChI is InChI=1S/C15H22N2O3/c1-11-13(15(20)17-7-2-3-8-17)5-4-6-14(11)16-9-12(19)10-18/h4-6,12,16,18-19H,2-3,7-10H2,1H3. The zero-order chi connectivity index (χ0) is 14.5. The quantitative estimate of drug-likeness (QED) is 0.751. The molecule has 1 aromatic rings. The van der Waals surface area contributed by atoms with Crippen LogP contribution in [0.5, 0.6) is 0 Å². The van der Waals surface area contributed by atoms with Crippen LogP contribution in [0.1, 0.15) is 28.8 Å². The molecule has 1 aliphatic rings. The Morgan fingerprint density at radius 2 is 2.10 bits per heavy atom. The number of hydrogen-bond acceptors (Lipinski definition) is 4. The predicted molar refractivity (Wildman–Crippen MR) is 77.9 cm³/mol. The first kappa shape index (κ1) is 14.8. The van der Waals surface area contributed by atoms with Gasteiger partial charge in [0, 0.05) is 30.9 Å². The monoisotopic (exact) mass is 278 g/mol. The topological polar surface area (TPSA) is 72.8 Å². The van der Waals surface area contributed by atoms with E-state index >= 15 is 0 Å². The zero-order valence-electron chi connectivity index (χ0n) is 11.8. The van der Waals surface area contributed by atoms with Crippen molar-refractivity contribution in [1.82, 2.24) is 4.90 Å². The Labute approximate surface area is 119 Å². The van der Waals surface area contributed by atoms with E-state index in [0.717, 1.165) is 37.2 Å². The molecule has 2 rings (SSSR count). The predicted octanol–water partition coefficient (Wildman–Crippen LogP) is 0.996. The molecule has 0 aliphatic carbocycles. The minimum Gasteiger partial charge on any atom is -0.394 e. The fraction of sp³-hybridized carbons (Fsp3) is 0.533. The molecule has 0 spiro atoms. The maximum Gasteiger partial charge on any atom is 0.254 e. The van der Waals surface area contributed by atoms with Crippen molar-refractivity contribution in [2.75, 3.05) is 31.6 Å². The smallest absolute Gasteiger partial charge is 0.254 e. The van der Waals surface area contributed by atoms with Crippen molar-refractivity contribution in [2.45, 2.75) is 25.9 Å². The first-order chi connectivity index (χ1) is 9.63.